The Morgan fingerprint density at radius 3 is 2.64 bits per heavy atom. The van der Waals surface area contributed by atoms with E-state index in [1.54, 1.807) is 4.52 Å². The maximum atomic E-state index is 12.2. The van der Waals surface area contributed by atoms with E-state index in [0.717, 1.165) is 41.3 Å². The van der Waals surface area contributed by atoms with Crippen LogP contribution in [0.2, 0.25) is 0 Å². The van der Waals surface area contributed by atoms with Crippen molar-refractivity contribution in [1.29, 1.82) is 0 Å². The second kappa shape index (κ2) is 8.46. The van der Waals surface area contributed by atoms with E-state index in [1.807, 2.05) is 36.5 Å². The van der Waals surface area contributed by atoms with E-state index in [-0.39, 0.29) is 18.0 Å². The van der Waals surface area contributed by atoms with Crippen molar-refractivity contribution in [2.45, 2.75) is 46.2 Å². The van der Waals surface area contributed by atoms with E-state index in [9.17, 15) is 13.2 Å². The normalized spacial score (nSPS) is 20.2. The van der Waals surface area contributed by atoms with E-state index < -0.39 is 15.9 Å². The van der Waals surface area contributed by atoms with Crippen molar-refractivity contribution >= 4 is 27.1 Å². The minimum absolute atomic E-state index is 0.0749. The molecule has 2 aromatic heterocycles. The van der Waals surface area contributed by atoms with Crippen LogP contribution in [0.25, 0.3) is 16.6 Å². The molecule has 0 radical (unpaired) electrons. The average Bonchev–Trinajstić information content (AvgIpc) is 3.28. The molecule has 33 heavy (non-hydrogen) atoms. The van der Waals surface area contributed by atoms with E-state index in [4.69, 9.17) is 5.73 Å². The maximum absolute atomic E-state index is 12.2. The van der Waals surface area contributed by atoms with Gasteiger partial charge in [0.2, 0.25) is 10.0 Å². The summed E-state index contributed by atoms with van der Waals surface area (Å²) in [5.74, 6) is 0.0449. The van der Waals surface area contributed by atoms with Gasteiger partial charge in [0.1, 0.15) is 0 Å². The summed E-state index contributed by atoms with van der Waals surface area (Å²) in [5.41, 5.74) is 10.3. The molecule has 0 saturated heterocycles. The molecular formula is C24H31N5O3S. The fourth-order valence-electron chi connectivity index (χ4n) is 4.56. The van der Waals surface area contributed by atoms with Gasteiger partial charge < -0.3 is 11.1 Å². The van der Waals surface area contributed by atoms with Gasteiger partial charge >= 0.3 is 0 Å². The number of fused-ring (bicyclic) bond motifs is 1. The predicted molar refractivity (Wildman–Crippen MR) is 130 cm³/mol. The highest BCUT2D eigenvalue weighted by Gasteiger charge is 2.41. The van der Waals surface area contributed by atoms with Crippen LogP contribution in [0.5, 0.6) is 0 Å². The van der Waals surface area contributed by atoms with E-state index >= 15 is 0 Å². The van der Waals surface area contributed by atoms with E-state index in [0.29, 0.717) is 17.2 Å². The molecule has 1 unspecified atom stereocenters. The average molecular weight is 470 g/mol. The van der Waals surface area contributed by atoms with Crippen molar-refractivity contribution < 1.29 is 13.2 Å². The van der Waals surface area contributed by atoms with Crippen LogP contribution in [0.15, 0.2) is 42.7 Å². The van der Waals surface area contributed by atoms with Crippen LogP contribution in [0.3, 0.4) is 0 Å². The standard InChI is InChI=1S/C24H31N5O3S/c1-15-8-9-21(24(15,2)3)28-22-19(23(25)30)13-26-29-14-18(11-20(22)29)17-7-5-6-16(10-17)12-27-33(4,31)32/h5-7,10-11,13-15,21,27-28H,8-9,12H2,1-4H3,(H2,25,30)/t15?,21-/m1/s1. The van der Waals surface area contributed by atoms with Crippen molar-refractivity contribution in [2.75, 3.05) is 11.6 Å². The lowest BCUT2D eigenvalue weighted by Gasteiger charge is -2.33. The maximum Gasteiger partial charge on any atom is 0.252 e. The molecule has 4 N–H and O–H groups in total. The van der Waals surface area contributed by atoms with Gasteiger partial charge in [0.25, 0.3) is 5.91 Å². The van der Waals surface area contributed by atoms with E-state index in [1.165, 1.54) is 6.20 Å². The van der Waals surface area contributed by atoms with Crippen LogP contribution >= 0.6 is 0 Å². The zero-order valence-corrected chi connectivity index (χ0v) is 20.2. The smallest absolute Gasteiger partial charge is 0.252 e. The summed E-state index contributed by atoms with van der Waals surface area (Å²) in [6.45, 7) is 6.99. The summed E-state index contributed by atoms with van der Waals surface area (Å²) < 4.78 is 27.1. The van der Waals surface area contributed by atoms with Gasteiger partial charge in [0, 0.05) is 24.3 Å². The summed E-state index contributed by atoms with van der Waals surface area (Å²) in [4.78, 5) is 12.2. The van der Waals surface area contributed by atoms with Gasteiger partial charge in [-0.05, 0) is 47.4 Å². The predicted octanol–water partition coefficient (Wildman–Crippen LogP) is 3.39. The highest BCUT2D eigenvalue weighted by atomic mass is 32.2. The molecule has 0 spiro atoms. The van der Waals surface area contributed by atoms with Gasteiger partial charge in [-0.25, -0.2) is 17.7 Å². The monoisotopic (exact) mass is 469 g/mol. The molecule has 4 rings (SSSR count). The first-order chi connectivity index (χ1) is 15.5. The molecule has 9 heteroatoms. The Hall–Kier alpha value is -2.91. The third kappa shape index (κ3) is 4.74. The Morgan fingerprint density at radius 2 is 2.00 bits per heavy atom. The quantitative estimate of drug-likeness (QED) is 0.490. The molecule has 2 atom stereocenters. The number of nitrogens with two attached hydrogens (primary N) is 1. The molecule has 1 aliphatic carbocycles. The zero-order chi connectivity index (χ0) is 24.0. The van der Waals surface area contributed by atoms with Crippen molar-refractivity contribution in [1.82, 2.24) is 14.3 Å². The number of anilines is 1. The van der Waals surface area contributed by atoms with Gasteiger partial charge in [-0.3, -0.25) is 4.79 Å². The fourth-order valence-corrected chi connectivity index (χ4v) is 4.99. The fraction of sp³-hybridized carbons (Fsp3) is 0.417. The summed E-state index contributed by atoms with van der Waals surface area (Å²) >= 11 is 0. The number of sulfonamides is 1. The van der Waals surface area contributed by atoms with E-state index in [2.05, 4.69) is 35.9 Å². The molecule has 1 amide bonds. The van der Waals surface area contributed by atoms with Crippen molar-refractivity contribution in [3.63, 3.8) is 0 Å². The summed E-state index contributed by atoms with van der Waals surface area (Å²) in [7, 11) is -3.28. The Balaban J connectivity index is 1.74. The minimum atomic E-state index is -3.28. The Kier molecular flexibility index (Phi) is 5.96. The molecule has 1 fully saturated rings. The molecule has 2 heterocycles. The number of rotatable bonds is 7. The summed E-state index contributed by atoms with van der Waals surface area (Å²) in [6, 6.07) is 9.86. The van der Waals surface area contributed by atoms with Crippen LogP contribution in [0.4, 0.5) is 5.69 Å². The lowest BCUT2D eigenvalue weighted by atomic mass is 9.80. The second-order valence-electron chi connectivity index (χ2n) is 9.65. The number of benzene rings is 1. The van der Waals surface area contributed by atoms with Crippen molar-refractivity contribution in [2.24, 2.45) is 17.1 Å². The molecule has 1 saturated carbocycles. The minimum Gasteiger partial charge on any atom is -0.379 e. The molecule has 0 bridgehead atoms. The number of nitrogens with one attached hydrogen (secondary N) is 2. The van der Waals surface area contributed by atoms with Crippen LogP contribution in [-0.4, -0.2) is 36.2 Å². The molecule has 1 aromatic carbocycles. The number of carbonyl (C=O) groups excluding carboxylic acids is 1. The molecule has 1 aliphatic rings. The van der Waals surface area contributed by atoms with Gasteiger partial charge in [-0.1, -0.05) is 39.0 Å². The van der Waals surface area contributed by atoms with Crippen molar-refractivity contribution in [3.8, 4) is 11.1 Å². The largest absolute Gasteiger partial charge is 0.379 e. The van der Waals surface area contributed by atoms with Crippen LogP contribution < -0.4 is 15.8 Å². The molecular weight excluding hydrogens is 438 g/mol. The Bertz CT molecular complexity index is 1310. The number of nitrogens with zero attached hydrogens (tertiary/aromatic N) is 2. The van der Waals surface area contributed by atoms with Crippen LogP contribution in [0.1, 0.15) is 49.5 Å². The number of carbonyl (C=O) groups is 1. The Morgan fingerprint density at radius 1 is 1.24 bits per heavy atom. The third-order valence-electron chi connectivity index (χ3n) is 7.08. The van der Waals surface area contributed by atoms with Gasteiger partial charge in [-0.15, -0.1) is 0 Å². The number of hydrogen-bond acceptors (Lipinski definition) is 5. The SMILES string of the molecule is CC1CC[C@@H](Nc2c(C(N)=O)cnn3cc(-c4cccc(CNS(C)(=O)=O)c4)cc23)C1(C)C. The van der Waals surface area contributed by atoms with Gasteiger partial charge in [0.15, 0.2) is 0 Å². The topological polar surface area (TPSA) is 119 Å². The first-order valence-electron chi connectivity index (χ1n) is 11.1. The molecule has 0 aliphatic heterocycles. The van der Waals surface area contributed by atoms with Crippen LogP contribution in [0, 0.1) is 11.3 Å². The number of primary amides is 1. The molecule has 176 valence electrons. The first-order valence-corrected chi connectivity index (χ1v) is 13.0. The highest BCUT2D eigenvalue weighted by molar-refractivity contribution is 7.88. The first kappa shape index (κ1) is 23.3. The summed E-state index contributed by atoms with van der Waals surface area (Å²) in [6.07, 6.45) is 6.69. The summed E-state index contributed by atoms with van der Waals surface area (Å²) in [5, 5.41) is 8.04. The van der Waals surface area contributed by atoms with Crippen LogP contribution in [-0.2, 0) is 16.6 Å². The number of hydrogen-bond donors (Lipinski definition) is 3. The lowest BCUT2D eigenvalue weighted by molar-refractivity contribution is 0.100. The third-order valence-corrected chi connectivity index (χ3v) is 7.75. The molecule has 8 nitrogen and oxygen atoms in total. The second-order valence-corrected chi connectivity index (χ2v) is 11.5. The lowest BCUT2D eigenvalue weighted by Crippen LogP contribution is -2.35. The highest BCUT2D eigenvalue weighted by Crippen LogP contribution is 2.44. The molecule has 3 aromatic rings. The Labute approximate surface area is 194 Å². The number of aromatic nitrogens is 2. The zero-order valence-electron chi connectivity index (χ0n) is 19.4. The van der Waals surface area contributed by atoms with Crippen molar-refractivity contribution in [3.05, 3.63) is 53.9 Å². The number of amides is 1. The van der Waals surface area contributed by atoms with Gasteiger partial charge in [-0.2, -0.15) is 5.10 Å². The van der Waals surface area contributed by atoms with Gasteiger partial charge in [0.05, 0.1) is 29.2 Å².